The van der Waals surface area contributed by atoms with Crippen molar-refractivity contribution in [1.82, 2.24) is 29.5 Å². The van der Waals surface area contributed by atoms with E-state index in [0.29, 0.717) is 34.6 Å². The van der Waals surface area contributed by atoms with E-state index in [4.69, 9.17) is 29.3 Å². The van der Waals surface area contributed by atoms with E-state index in [2.05, 4.69) is 114 Å². The van der Waals surface area contributed by atoms with Crippen LogP contribution in [-0.2, 0) is 0 Å². The van der Waals surface area contributed by atoms with E-state index in [1.54, 1.807) is 17.4 Å². The SMILES string of the molecule is C=C/C=C\C=C\c1nc(-c2cccc3c2sc2cc(-c4nc(-c5ccccc5)nc(-c5ccc6c(c5)c5ccccc5n6-c5ccccc5)n4)ccc23)nc2c1oc1ccccc12. The first kappa shape index (κ1) is 36.5. The molecule has 0 bridgehead atoms. The van der Waals surface area contributed by atoms with Gasteiger partial charge in [0.05, 0.1) is 11.0 Å². The van der Waals surface area contributed by atoms with Crippen molar-refractivity contribution in [3.8, 4) is 51.2 Å². The third-order valence-corrected chi connectivity index (χ3v) is 12.7. The van der Waals surface area contributed by atoms with Gasteiger partial charge in [0.25, 0.3) is 0 Å². The molecule has 0 N–H and O–H groups in total. The second-order valence-electron chi connectivity index (χ2n) is 15.3. The van der Waals surface area contributed by atoms with Crippen LogP contribution in [0.25, 0.3) is 121 Å². The van der Waals surface area contributed by atoms with Crippen molar-refractivity contribution in [2.45, 2.75) is 0 Å². The molecule has 0 spiro atoms. The van der Waals surface area contributed by atoms with Crippen molar-refractivity contribution in [1.29, 1.82) is 0 Å². The van der Waals surface area contributed by atoms with Gasteiger partial charge >= 0.3 is 0 Å². The van der Waals surface area contributed by atoms with Gasteiger partial charge in [0, 0.05) is 64.3 Å². The van der Waals surface area contributed by atoms with Crippen LogP contribution in [0.4, 0.5) is 0 Å². The molecular formula is C55H34N6OS. The predicted octanol–water partition coefficient (Wildman–Crippen LogP) is 14.4. The number of allylic oxidation sites excluding steroid dienone is 4. The summed E-state index contributed by atoms with van der Waals surface area (Å²) in [6, 6.07) is 56.5. The van der Waals surface area contributed by atoms with E-state index in [-0.39, 0.29) is 0 Å². The van der Waals surface area contributed by atoms with Crippen LogP contribution in [-0.4, -0.2) is 29.5 Å². The number of furan rings is 1. The van der Waals surface area contributed by atoms with Crippen LogP contribution >= 0.6 is 11.3 Å². The van der Waals surface area contributed by atoms with Crippen molar-refractivity contribution >= 4 is 81.5 Å². The zero-order valence-corrected chi connectivity index (χ0v) is 34.5. The van der Waals surface area contributed by atoms with Crippen LogP contribution in [0.15, 0.2) is 199 Å². The van der Waals surface area contributed by atoms with Crippen LogP contribution in [0.5, 0.6) is 0 Å². The number of para-hydroxylation sites is 3. The molecule has 5 aromatic heterocycles. The van der Waals surface area contributed by atoms with Crippen LogP contribution in [0, 0.1) is 0 Å². The topological polar surface area (TPSA) is 82.5 Å². The Bertz CT molecular complexity index is 3820. The van der Waals surface area contributed by atoms with Crippen molar-refractivity contribution in [2.75, 3.05) is 0 Å². The van der Waals surface area contributed by atoms with Crippen LogP contribution < -0.4 is 0 Å². The Morgan fingerprint density at radius 1 is 0.492 bits per heavy atom. The molecule has 0 amide bonds. The molecule has 63 heavy (non-hydrogen) atoms. The highest BCUT2D eigenvalue weighted by Gasteiger charge is 2.20. The standard InChI is InChI=1S/C55H34N6OS/c1-2-3-4-11-25-44-50-49(41-22-13-15-27-47(41)62-50)57-55(56-44)42-24-16-23-40-39-30-28-36(33-48(39)63-51(40)42)54-59-52(34-17-7-5-8-18-34)58-53(60-54)35-29-31-46-43(32-35)38-21-12-14-26-45(38)61(46)37-19-9-6-10-20-37/h2-33H,1H2/b4-3-,25-11+. The molecule has 0 aliphatic carbocycles. The maximum Gasteiger partial charge on any atom is 0.179 e. The van der Waals surface area contributed by atoms with E-state index < -0.39 is 0 Å². The lowest BCUT2D eigenvalue weighted by molar-refractivity contribution is 0.664. The van der Waals surface area contributed by atoms with Gasteiger partial charge in [-0.2, -0.15) is 0 Å². The lowest BCUT2D eigenvalue weighted by Crippen LogP contribution is -2.00. The van der Waals surface area contributed by atoms with Crippen LogP contribution in [0.3, 0.4) is 0 Å². The quantitative estimate of drug-likeness (QED) is 0.142. The fraction of sp³-hybridized carbons (Fsp3) is 0. The number of aromatic nitrogens is 6. The largest absolute Gasteiger partial charge is 0.452 e. The molecule has 0 aliphatic rings. The van der Waals surface area contributed by atoms with Gasteiger partial charge in [-0.3, -0.25) is 0 Å². The zero-order chi connectivity index (χ0) is 41.9. The number of nitrogens with zero attached hydrogens (tertiary/aromatic N) is 6. The van der Waals surface area contributed by atoms with Gasteiger partial charge in [0.2, 0.25) is 0 Å². The minimum Gasteiger partial charge on any atom is -0.452 e. The molecular weight excluding hydrogens is 793 g/mol. The second-order valence-corrected chi connectivity index (χ2v) is 16.3. The Morgan fingerprint density at radius 2 is 1.17 bits per heavy atom. The first-order chi connectivity index (χ1) is 31.2. The number of thiophene rings is 1. The lowest BCUT2D eigenvalue weighted by Gasteiger charge is -2.10. The van der Waals surface area contributed by atoms with E-state index in [1.165, 1.54) is 5.39 Å². The Labute approximate surface area is 365 Å². The van der Waals surface area contributed by atoms with Gasteiger partial charge in [-0.1, -0.05) is 134 Å². The summed E-state index contributed by atoms with van der Waals surface area (Å²) in [5, 5.41) is 5.53. The Balaban J connectivity index is 1.00. The molecule has 7 aromatic carbocycles. The number of hydrogen-bond acceptors (Lipinski definition) is 7. The fourth-order valence-corrected chi connectivity index (χ4v) is 9.82. The molecule has 0 radical (unpaired) electrons. The van der Waals surface area contributed by atoms with E-state index in [0.717, 1.165) is 81.0 Å². The molecule has 8 heteroatoms. The Kier molecular flexibility index (Phi) is 8.69. The average Bonchev–Trinajstić information content (AvgIpc) is 4.02. The summed E-state index contributed by atoms with van der Waals surface area (Å²) in [7, 11) is 0. The summed E-state index contributed by atoms with van der Waals surface area (Å²) >= 11 is 1.72. The average molecular weight is 827 g/mol. The molecule has 0 saturated heterocycles. The van der Waals surface area contributed by atoms with Gasteiger partial charge < -0.3 is 8.98 Å². The van der Waals surface area contributed by atoms with E-state index >= 15 is 0 Å². The van der Waals surface area contributed by atoms with Crippen molar-refractivity contribution in [3.63, 3.8) is 0 Å². The third kappa shape index (κ3) is 6.23. The molecule has 0 aliphatic heterocycles. The first-order valence-corrected chi connectivity index (χ1v) is 21.5. The van der Waals surface area contributed by atoms with Gasteiger partial charge in [-0.15, -0.1) is 11.3 Å². The Morgan fingerprint density at radius 3 is 2.00 bits per heavy atom. The smallest absolute Gasteiger partial charge is 0.179 e. The second kappa shape index (κ2) is 15.0. The molecule has 12 aromatic rings. The molecule has 0 unspecified atom stereocenters. The maximum atomic E-state index is 6.31. The molecule has 0 fully saturated rings. The summed E-state index contributed by atoms with van der Waals surface area (Å²) in [5.41, 5.74) is 10.00. The van der Waals surface area contributed by atoms with Gasteiger partial charge in [0.1, 0.15) is 16.8 Å². The third-order valence-electron chi connectivity index (χ3n) is 11.5. The monoisotopic (exact) mass is 826 g/mol. The summed E-state index contributed by atoms with van der Waals surface area (Å²) in [6.45, 7) is 3.79. The summed E-state index contributed by atoms with van der Waals surface area (Å²) in [4.78, 5) is 25.7. The van der Waals surface area contributed by atoms with Crippen LogP contribution in [0.2, 0.25) is 0 Å². The highest BCUT2D eigenvalue weighted by atomic mass is 32.1. The van der Waals surface area contributed by atoms with Gasteiger partial charge in [-0.25, -0.2) is 24.9 Å². The first-order valence-electron chi connectivity index (χ1n) is 20.7. The molecule has 0 atom stereocenters. The van der Waals surface area contributed by atoms with E-state index in [9.17, 15) is 0 Å². The van der Waals surface area contributed by atoms with Gasteiger partial charge in [-0.05, 0) is 66.7 Å². The van der Waals surface area contributed by atoms with Crippen molar-refractivity contribution < 1.29 is 4.42 Å². The van der Waals surface area contributed by atoms with Gasteiger partial charge in [0.15, 0.2) is 28.9 Å². The van der Waals surface area contributed by atoms with Crippen molar-refractivity contribution in [3.05, 3.63) is 200 Å². The normalized spacial score (nSPS) is 12.1. The van der Waals surface area contributed by atoms with Crippen molar-refractivity contribution in [2.24, 2.45) is 0 Å². The predicted molar refractivity (Wildman–Crippen MR) is 260 cm³/mol. The highest BCUT2D eigenvalue weighted by Crippen LogP contribution is 2.42. The lowest BCUT2D eigenvalue weighted by atomic mass is 10.1. The van der Waals surface area contributed by atoms with E-state index in [1.807, 2.05) is 85.0 Å². The maximum absolute atomic E-state index is 6.31. The number of fused-ring (bicyclic) bond motifs is 9. The number of hydrogen-bond donors (Lipinski definition) is 0. The number of benzene rings is 7. The molecule has 0 saturated carbocycles. The molecule has 7 nitrogen and oxygen atoms in total. The molecule has 296 valence electrons. The summed E-state index contributed by atoms with van der Waals surface area (Å²) in [5.74, 6) is 2.47. The minimum absolute atomic E-state index is 0.604. The molecule has 5 heterocycles. The fourth-order valence-electron chi connectivity index (χ4n) is 8.57. The Hall–Kier alpha value is -8.33. The molecule has 12 rings (SSSR count). The summed E-state index contributed by atoms with van der Waals surface area (Å²) in [6.07, 6.45) is 9.46. The van der Waals surface area contributed by atoms with Crippen LogP contribution in [0.1, 0.15) is 5.69 Å². The number of rotatable bonds is 8. The minimum atomic E-state index is 0.604. The summed E-state index contributed by atoms with van der Waals surface area (Å²) < 4.78 is 10.8. The highest BCUT2D eigenvalue weighted by molar-refractivity contribution is 7.26. The zero-order valence-electron chi connectivity index (χ0n) is 33.7.